The van der Waals surface area contributed by atoms with Gasteiger partial charge in [-0.05, 0) is 30.9 Å². The molecular weight excluding hydrogens is 283 g/mol. The van der Waals surface area contributed by atoms with E-state index in [4.69, 9.17) is 0 Å². The summed E-state index contributed by atoms with van der Waals surface area (Å²) in [5, 5.41) is 0. The van der Waals surface area contributed by atoms with Crippen molar-refractivity contribution in [3.8, 4) is 0 Å². The number of hydrogen-bond donors (Lipinski definition) is 0. The van der Waals surface area contributed by atoms with E-state index in [9.17, 15) is 14.0 Å². The lowest BCUT2D eigenvalue weighted by atomic mass is 9.98. The first-order chi connectivity index (χ1) is 10.6. The molecular formula is C17H21FN2O2. The second-order valence-corrected chi connectivity index (χ2v) is 6.12. The molecule has 5 heteroatoms. The number of amides is 2. The Bertz CT molecular complexity index is 576. The molecule has 2 saturated heterocycles. The highest BCUT2D eigenvalue weighted by Crippen LogP contribution is 2.29. The van der Waals surface area contributed by atoms with Gasteiger partial charge >= 0.3 is 0 Å². The SMILES string of the molecule is O=C1CCCCN1CC(=O)N1CC[C@H](c2ccccc2F)C1. The molecule has 2 fully saturated rings. The van der Waals surface area contributed by atoms with Gasteiger partial charge in [0.25, 0.3) is 0 Å². The summed E-state index contributed by atoms with van der Waals surface area (Å²) in [5.41, 5.74) is 0.687. The summed E-state index contributed by atoms with van der Waals surface area (Å²) < 4.78 is 13.8. The Morgan fingerprint density at radius 3 is 2.82 bits per heavy atom. The highest BCUT2D eigenvalue weighted by Gasteiger charge is 2.30. The van der Waals surface area contributed by atoms with Crippen LogP contribution in [0.2, 0.25) is 0 Å². The lowest BCUT2D eigenvalue weighted by Gasteiger charge is -2.28. The van der Waals surface area contributed by atoms with Crippen molar-refractivity contribution >= 4 is 11.8 Å². The Balaban J connectivity index is 1.59. The van der Waals surface area contributed by atoms with Gasteiger partial charge in [-0.2, -0.15) is 0 Å². The Labute approximate surface area is 129 Å². The fraction of sp³-hybridized carbons (Fsp3) is 0.529. The second kappa shape index (κ2) is 6.46. The second-order valence-electron chi connectivity index (χ2n) is 6.12. The molecule has 0 radical (unpaired) electrons. The van der Waals surface area contributed by atoms with E-state index in [0.29, 0.717) is 31.6 Å². The zero-order valence-corrected chi connectivity index (χ0v) is 12.6. The average Bonchev–Trinajstić information content (AvgIpc) is 3.00. The van der Waals surface area contributed by atoms with Crippen LogP contribution >= 0.6 is 0 Å². The van der Waals surface area contributed by atoms with Crippen molar-refractivity contribution in [2.75, 3.05) is 26.2 Å². The first-order valence-electron chi connectivity index (χ1n) is 7.95. The van der Waals surface area contributed by atoms with Crippen LogP contribution in [-0.4, -0.2) is 47.8 Å². The van der Waals surface area contributed by atoms with E-state index < -0.39 is 0 Å². The number of nitrogens with zero attached hydrogens (tertiary/aromatic N) is 2. The zero-order chi connectivity index (χ0) is 15.5. The number of likely N-dealkylation sites (tertiary alicyclic amines) is 2. The van der Waals surface area contributed by atoms with Gasteiger partial charge < -0.3 is 9.80 Å². The van der Waals surface area contributed by atoms with Crippen LogP contribution in [0, 0.1) is 5.82 Å². The standard InChI is InChI=1S/C17H21FN2O2/c18-15-6-2-1-5-14(15)13-8-10-20(11-13)17(22)12-19-9-4-3-7-16(19)21/h1-2,5-6,13H,3-4,7-12H2/t13-/m0/s1. The van der Waals surface area contributed by atoms with Crippen LogP contribution in [0.15, 0.2) is 24.3 Å². The molecule has 0 bridgehead atoms. The van der Waals surface area contributed by atoms with Crippen molar-refractivity contribution in [3.05, 3.63) is 35.6 Å². The van der Waals surface area contributed by atoms with Crippen LogP contribution in [0.25, 0.3) is 0 Å². The van der Waals surface area contributed by atoms with E-state index in [0.717, 1.165) is 19.3 Å². The van der Waals surface area contributed by atoms with Crippen LogP contribution in [0.4, 0.5) is 4.39 Å². The molecule has 0 spiro atoms. The average molecular weight is 304 g/mol. The monoisotopic (exact) mass is 304 g/mol. The summed E-state index contributed by atoms with van der Waals surface area (Å²) in [6.45, 7) is 2.03. The first kappa shape index (κ1) is 15.0. The number of rotatable bonds is 3. The van der Waals surface area contributed by atoms with Crippen LogP contribution < -0.4 is 0 Å². The normalized spacial score (nSPS) is 22.2. The minimum Gasteiger partial charge on any atom is -0.341 e. The molecule has 3 rings (SSSR count). The van der Waals surface area contributed by atoms with Crippen LogP contribution in [0.5, 0.6) is 0 Å². The summed E-state index contributed by atoms with van der Waals surface area (Å²) in [4.78, 5) is 27.6. The van der Waals surface area contributed by atoms with Gasteiger partial charge in [0.15, 0.2) is 0 Å². The predicted molar refractivity (Wildman–Crippen MR) is 80.8 cm³/mol. The molecule has 118 valence electrons. The number of carbonyl (C=O) groups excluding carboxylic acids is 2. The number of hydrogen-bond acceptors (Lipinski definition) is 2. The third-order valence-electron chi connectivity index (χ3n) is 4.63. The molecule has 0 aliphatic carbocycles. The third kappa shape index (κ3) is 3.13. The van der Waals surface area contributed by atoms with E-state index in [2.05, 4.69) is 0 Å². The Morgan fingerprint density at radius 1 is 1.23 bits per heavy atom. The largest absolute Gasteiger partial charge is 0.341 e. The molecule has 0 unspecified atom stereocenters. The highest BCUT2D eigenvalue weighted by atomic mass is 19.1. The van der Waals surface area contributed by atoms with E-state index in [1.165, 1.54) is 6.07 Å². The molecule has 0 aromatic heterocycles. The quantitative estimate of drug-likeness (QED) is 0.858. The zero-order valence-electron chi connectivity index (χ0n) is 12.6. The van der Waals surface area contributed by atoms with Gasteiger partial charge in [0.05, 0.1) is 6.54 Å². The lowest BCUT2D eigenvalue weighted by molar-refractivity contribution is -0.141. The van der Waals surface area contributed by atoms with E-state index in [1.807, 2.05) is 6.07 Å². The summed E-state index contributed by atoms with van der Waals surface area (Å²) in [5.74, 6) is -0.0891. The molecule has 2 aliphatic rings. The Hall–Kier alpha value is -1.91. The Morgan fingerprint density at radius 2 is 2.05 bits per heavy atom. The summed E-state index contributed by atoms with van der Waals surface area (Å²) in [6, 6.07) is 6.77. The van der Waals surface area contributed by atoms with E-state index >= 15 is 0 Å². The van der Waals surface area contributed by atoms with Gasteiger partial charge in [-0.1, -0.05) is 18.2 Å². The van der Waals surface area contributed by atoms with Gasteiger partial charge in [0, 0.05) is 32.0 Å². The first-order valence-corrected chi connectivity index (χ1v) is 7.95. The van der Waals surface area contributed by atoms with Crippen LogP contribution in [-0.2, 0) is 9.59 Å². The molecule has 2 heterocycles. The maximum Gasteiger partial charge on any atom is 0.242 e. The van der Waals surface area contributed by atoms with Crippen LogP contribution in [0.3, 0.4) is 0 Å². The smallest absolute Gasteiger partial charge is 0.242 e. The van der Waals surface area contributed by atoms with E-state index in [1.54, 1.807) is 21.9 Å². The minimum atomic E-state index is -0.201. The van der Waals surface area contributed by atoms with Gasteiger partial charge in [0.2, 0.25) is 11.8 Å². The molecule has 1 atom stereocenters. The van der Waals surface area contributed by atoms with Gasteiger partial charge in [-0.25, -0.2) is 4.39 Å². The van der Waals surface area contributed by atoms with Crippen molar-refractivity contribution in [2.45, 2.75) is 31.6 Å². The molecule has 4 nitrogen and oxygen atoms in total. The van der Waals surface area contributed by atoms with Gasteiger partial charge in [-0.15, -0.1) is 0 Å². The van der Waals surface area contributed by atoms with Crippen molar-refractivity contribution in [3.63, 3.8) is 0 Å². The molecule has 22 heavy (non-hydrogen) atoms. The van der Waals surface area contributed by atoms with Crippen molar-refractivity contribution in [1.82, 2.24) is 9.80 Å². The molecule has 2 amide bonds. The molecule has 1 aromatic rings. The number of piperidine rings is 1. The van der Waals surface area contributed by atoms with Gasteiger partial charge in [0.1, 0.15) is 5.82 Å². The summed E-state index contributed by atoms with van der Waals surface area (Å²) in [6.07, 6.45) is 3.21. The lowest BCUT2D eigenvalue weighted by Crippen LogP contribution is -2.44. The Kier molecular flexibility index (Phi) is 4.41. The molecule has 0 N–H and O–H groups in total. The van der Waals surface area contributed by atoms with Crippen molar-refractivity contribution < 1.29 is 14.0 Å². The predicted octanol–water partition coefficient (Wildman–Crippen LogP) is 2.15. The summed E-state index contributed by atoms with van der Waals surface area (Å²) >= 11 is 0. The van der Waals surface area contributed by atoms with E-state index in [-0.39, 0.29) is 30.1 Å². The topological polar surface area (TPSA) is 40.6 Å². The fourth-order valence-corrected chi connectivity index (χ4v) is 3.34. The van der Waals surface area contributed by atoms with Crippen molar-refractivity contribution in [2.24, 2.45) is 0 Å². The number of carbonyl (C=O) groups is 2. The maximum atomic E-state index is 13.8. The maximum absolute atomic E-state index is 13.8. The third-order valence-corrected chi connectivity index (χ3v) is 4.63. The van der Waals surface area contributed by atoms with Crippen LogP contribution in [0.1, 0.15) is 37.2 Å². The van der Waals surface area contributed by atoms with Gasteiger partial charge in [-0.3, -0.25) is 9.59 Å². The fourth-order valence-electron chi connectivity index (χ4n) is 3.34. The summed E-state index contributed by atoms with van der Waals surface area (Å²) in [7, 11) is 0. The molecule has 0 saturated carbocycles. The minimum absolute atomic E-state index is 0.0194. The highest BCUT2D eigenvalue weighted by molar-refractivity contribution is 5.85. The molecule has 2 aliphatic heterocycles. The van der Waals surface area contributed by atoms with Crippen molar-refractivity contribution in [1.29, 1.82) is 0 Å². The molecule has 1 aromatic carbocycles. The number of halogens is 1. The number of benzene rings is 1.